The number of rotatable bonds is 5. The summed E-state index contributed by atoms with van der Waals surface area (Å²) in [5.41, 5.74) is 4.66. The standard InChI is InChI=1S/C24H30N4O3/c1-16(2)28-15-18(13-20(28)24(29)27-9-3-4-10-27)22-21-17(14-26-22)5-8-25-23(21)31-19-6-11-30-12-7-19/h5,8,13,15-16,19H,3-4,6-7,9-12,14H2,1-2H3. The zero-order chi connectivity index (χ0) is 21.4. The molecule has 2 saturated heterocycles. The van der Waals surface area contributed by atoms with Crippen molar-refractivity contribution in [3.05, 3.63) is 46.9 Å². The third kappa shape index (κ3) is 3.87. The van der Waals surface area contributed by atoms with Crippen LogP contribution in [0.3, 0.4) is 0 Å². The Hall–Kier alpha value is -2.67. The number of amides is 1. The second kappa shape index (κ2) is 8.46. The summed E-state index contributed by atoms with van der Waals surface area (Å²) in [5, 5.41) is 0. The molecule has 0 N–H and O–H groups in total. The lowest BCUT2D eigenvalue weighted by atomic mass is 10.0. The molecule has 2 aromatic heterocycles. The lowest BCUT2D eigenvalue weighted by molar-refractivity contribution is 0.0236. The zero-order valence-corrected chi connectivity index (χ0v) is 18.3. The van der Waals surface area contributed by atoms with Crippen molar-refractivity contribution in [1.29, 1.82) is 0 Å². The Labute approximate surface area is 183 Å². The second-order valence-corrected chi connectivity index (χ2v) is 8.86. The number of aliphatic imine (C=N–C) groups is 1. The molecule has 0 saturated carbocycles. The highest BCUT2D eigenvalue weighted by atomic mass is 16.5. The number of ether oxygens (including phenoxy) is 2. The van der Waals surface area contributed by atoms with Gasteiger partial charge in [0.25, 0.3) is 5.91 Å². The van der Waals surface area contributed by atoms with Crippen LogP contribution in [0.2, 0.25) is 0 Å². The summed E-state index contributed by atoms with van der Waals surface area (Å²) in [6.45, 7) is 7.95. The van der Waals surface area contributed by atoms with Crippen LogP contribution in [0.4, 0.5) is 0 Å². The van der Waals surface area contributed by atoms with Crippen molar-refractivity contribution in [3.63, 3.8) is 0 Å². The summed E-state index contributed by atoms with van der Waals surface area (Å²) in [5.74, 6) is 0.756. The van der Waals surface area contributed by atoms with E-state index in [4.69, 9.17) is 14.5 Å². The number of carbonyl (C=O) groups is 1. The van der Waals surface area contributed by atoms with Crippen LogP contribution in [0.1, 0.15) is 72.8 Å². The summed E-state index contributed by atoms with van der Waals surface area (Å²) >= 11 is 0. The van der Waals surface area contributed by atoms with Crippen molar-refractivity contribution in [2.45, 2.75) is 58.2 Å². The molecule has 7 heteroatoms. The minimum absolute atomic E-state index is 0.112. The summed E-state index contributed by atoms with van der Waals surface area (Å²) in [6, 6.07) is 4.20. The van der Waals surface area contributed by atoms with E-state index < -0.39 is 0 Å². The van der Waals surface area contributed by atoms with Gasteiger partial charge in [0.15, 0.2) is 0 Å². The van der Waals surface area contributed by atoms with Gasteiger partial charge in [-0.05, 0) is 44.4 Å². The molecular formula is C24H30N4O3. The number of aromatic nitrogens is 2. The fourth-order valence-electron chi connectivity index (χ4n) is 4.67. The van der Waals surface area contributed by atoms with Gasteiger partial charge in [0.05, 0.1) is 31.0 Å². The van der Waals surface area contributed by atoms with Crippen LogP contribution in [-0.2, 0) is 11.3 Å². The van der Waals surface area contributed by atoms with E-state index >= 15 is 0 Å². The molecule has 0 aliphatic carbocycles. The fourth-order valence-corrected chi connectivity index (χ4v) is 4.67. The Morgan fingerprint density at radius 2 is 2.00 bits per heavy atom. The van der Waals surface area contributed by atoms with E-state index in [-0.39, 0.29) is 18.1 Å². The maximum atomic E-state index is 13.2. The van der Waals surface area contributed by atoms with Crippen LogP contribution in [0.25, 0.3) is 0 Å². The van der Waals surface area contributed by atoms with Gasteiger partial charge in [0.1, 0.15) is 11.8 Å². The first kappa shape index (κ1) is 20.2. The van der Waals surface area contributed by atoms with Crippen molar-refractivity contribution >= 4 is 11.6 Å². The summed E-state index contributed by atoms with van der Waals surface area (Å²) in [4.78, 5) is 24.5. The third-order valence-corrected chi connectivity index (χ3v) is 6.38. The number of likely N-dealkylation sites (tertiary alicyclic amines) is 1. The van der Waals surface area contributed by atoms with Crippen molar-refractivity contribution in [3.8, 4) is 5.88 Å². The number of hydrogen-bond acceptors (Lipinski definition) is 5. The van der Waals surface area contributed by atoms with Gasteiger partial charge in [0.2, 0.25) is 5.88 Å². The molecule has 2 aromatic rings. The number of nitrogens with zero attached hydrogens (tertiary/aromatic N) is 4. The van der Waals surface area contributed by atoms with Gasteiger partial charge in [-0.25, -0.2) is 4.98 Å². The SMILES string of the molecule is CC(C)n1cc(C2=NCc3ccnc(OC4CCOCC4)c32)cc1C(=O)N1CCCC1. The van der Waals surface area contributed by atoms with Gasteiger partial charge < -0.3 is 18.9 Å². The minimum atomic E-state index is 0.112. The molecule has 7 nitrogen and oxygen atoms in total. The van der Waals surface area contributed by atoms with E-state index in [1.165, 1.54) is 0 Å². The second-order valence-electron chi connectivity index (χ2n) is 8.86. The molecule has 3 aliphatic rings. The molecule has 0 atom stereocenters. The zero-order valence-electron chi connectivity index (χ0n) is 18.3. The Morgan fingerprint density at radius 1 is 1.23 bits per heavy atom. The molecule has 5 rings (SSSR count). The predicted octanol–water partition coefficient (Wildman–Crippen LogP) is 3.61. The van der Waals surface area contributed by atoms with Gasteiger partial charge in [0, 0.05) is 49.9 Å². The maximum Gasteiger partial charge on any atom is 0.270 e. The highest BCUT2D eigenvalue weighted by molar-refractivity contribution is 6.17. The normalized spacial score (nSPS) is 19.1. The quantitative estimate of drug-likeness (QED) is 0.738. The Balaban J connectivity index is 1.48. The van der Waals surface area contributed by atoms with Crippen molar-refractivity contribution in [1.82, 2.24) is 14.5 Å². The molecule has 0 spiro atoms. The highest BCUT2D eigenvalue weighted by Crippen LogP contribution is 2.32. The first-order chi connectivity index (χ1) is 15.1. The molecule has 0 bridgehead atoms. The van der Waals surface area contributed by atoms with E-state index in [1.54, 1.807) is 6.20 Å². The molecular weight excluding hydrogens is 392 g/mol. The van der Waals surface area contributed by atoms with Gasteiger partial charge in [-0.1, -0.05) is 0 Å². The molecule has 0 unspecified atom stereocenters. The lowest BCUT2D eigenvalue weighted by Gasteiger charge is -2.23. The van der Waals surface area contributed by atoms with E-state index in [0.717, 1.165) is 80.1 Å². The van der Waals surface area contributed by atoms with E-state index in [9.17, 15) is 4.79 Å². The topological polar surface area (TPSA) is 69.0 Å². The average molecular weight is 423 g/mol. The maximum absolute atomic E-state index is 13.2. The van der Waals surface area contributed by atoms with Crippen LogP contribution in [0.5, 0.6) is 5.88 Å². The molecule has 164 valence electrons. The molecule has 31 heavy (non-hydrogen) atoms. The Bertz CT molecular complexity index is 998. The lowest BCUT2D eigenvalue weighted by Crippen LogP contribution is -2.29. The van der Waals surface area contributed by atoms with Crippen molar-refractivity contribution < 1.29 is 14.3 Å². The molecule has 3 aliphatic heterocycles. The minimum Gasteiger partial charge on any atom is -0.474 e. The number of pyridine rings is 1. The smallest absolute Gasteiger partial charge is 0.270 e. The van der Waals surface area contributed by atoms with Crippen LogP contribution < -0.4 is 4.74 Å². The number of carbonyl (C=O) groups excluding carboxylic acids is 1. The summed E-state index contributed by atoms with van der Waals surface area (Å²) < 4.78 is 13.8. The number of fused-ring (bicyclic) bond motifs is 1. The highest BCUT2D eigenvalue weighted by Gasteiger charge is 2.29. The Kier molecular flexibility index (Phi) is 5.52. The van der Waals surface area contributed by atoms with Crippen LogP contribution in [-0.4, -0.2) is 58.5 Å². The first-order valence-electron chi connectivity index (χ1n) is 11.4. The van der Waals surface area contributed by atoms with Crippen molar-refractivity contribution in [2.24, 2.45) is 4.99 Å². The van der Waals surface area contributed by atoms with Crippen LogP contribution in [0.15, 0.2) is 29.5 Å². The molecule has 2 fully saturated rings. The first-order valence-corrected chi connectivity index (χ1v) is 11.4. The van der Waals surface area contributed by atoms with Gasteiger partial charge in [-0.3, -0.25) is 9.79 Å². The van der Waals surface area contributed by atoms with E-state index in [0.29, 0.717) is 12.4 Å². The van der Waals surface area contributed by atoms with Crippen LogP contribution in [0, 0.1) is 0 Å². The van der Waals surface area contributed by atoms with Gasteiger partial charge >= 0.3 is 0 Å². The number of hydrogen-bond donors (Lipinski definition) is 0. The van der Waals surface area contributed by atoms with Crippen LogP contribution >= 0.6 is 0 Å². The van der Waals surface area contributed by atoms with Gasteiger partial charge in [-0.2, -0.15) is 0 Å². The molecule has 1 amide bonds. The predicted molar refractivity (Wildman–Crippen MR) is 118 cm³/mol. The molecule has 5 heterocycles. The van der Waals surface area contributed by atoms with E-state index in [2.05, 4.69) is 29.6 Å². The Morgan fingerprint density at radius 3 is 2.74 bits per heavy atom. The average Bonchev–Trinajstić information content (AvgIpc) is 3.53. The monoisotopic (exact) mass is 422 g/mol. The van der Waals surface area contributed by atoms with E-state index in [1.807, 2.05) is 17.0 Å². The fraction of sp³-hybridized carbons (Fsp3) is 0.542. The van der Waals surface area contributed by atoms with Gasteiger partial charge in [-0.15, -0.1) is 0 Å². The molecule has 0 aromatic carbocycles. The largest absolute Gasteiger partial charge is 0.474 e. The molecule has 0 radical (unpaired) electrons. The third-order valence-electron chi connectivity index (χ3n) is 6.38. The van der Waals surface area contributed by atoms with Crippen molar-refractivity contribution in [2.75, 3.05) is 26.3 Å². The summed E-state index contributed by atoms with van der Waals surface area (Å²) in [6.07, 6.45) is 7.88. The summed E-state index contributed by atoms with van der Waals surface area (Å²) in [7, 11) is 0.